The molecule has 5 nitrogen and oxygen atoms in total. The molecule has 1 N–H and O–H groups in total. The van der Waals surface area contributed by atoms with Gasteiger partial charge in [-0.2, -0.15) is 0 Å². The van der Waals surface area contributed by atoms with Crippen molar-refractivity contribution in [2.24, 2.45) is 0 Å². The van der Waals surface area contributed by atoms with Gasteiger partial charge in [-0.05, 0) is 18.2 Å². The lowest BCUT2D eigenvalue weighted by Gasteiger charge is -2.35. The van der Waals surface area contributed by atoms with Crippen LogP contribution in [0, 0.1) is 0 Å². The number of halogens is 1. The number of aliphatic hydroxyl groups excluding tert-OH is 1. The van der Waals surface area contributed by atoms with Gasteiger partial charge in [0.15, 0.2) is 5.13 Å². The third kappa shape index (κ3) is 4.91. The van der Waals surface area contributed by atoms with E-state index < -0.39 is 6.10 Å². The number of aromatic nitrogens is 1. The van der Waals surface area contributed by atoms with Crippen LogP contribution in [0.4, 0.5) is 5.13 Å². The van der Waals surface area contributed by atoms with Crippen LogP contribution in [-0.2, 0) is 0 Å². The highest BCUT2D eigenvalue weighted by atomic mass is 79.9. The van der Waals surface area contributed by atoms with E-state index >= 15 is 0 Å². The van der Waals surface area contributed by atoms with E-state index in [1.807, 2.05) is 35.8 Å². The van der Waals surface area contributed by atoms with Crippen LogP contribution >= 0.6 is 27.3 Å². The van der Waals surface area contributed by atoms with Crippen LogP contribution in [-0.4, -0.2) is 60.4 Å². The fourth-order valence-corrected chi connectivity index (χ4v) is 3.67. The molecule has 3 rings (SSSR count). The summed E-state index contributed by atoms with van der Waals surface area (Å²) in [6.07, 6.45) is 1.36. The lowest BCUT2D eigenvalue weighted by molar-refractivity contribution is 0.0663. The third-order valence-electron chi connectivity index (χ3n) is 3.77. The van der Waals surface area contributed by atoms with Gasteiger partial charge in [0.25, 0.3) is 0 Å². The highest BCUT2D eigenvalue weighted by Gasteiger charge is 2.20. The number of benzene rings is 1. The Bertz CT molecular complexity index is 603. The van der Waals surface area contributed by atoms with Gasteiger partial charge >= 0.3 is 0 Å². The Hall–Kier alpha value is -1.15. The zero-order valence-corrected chi connectivity index (χ0v) is 15.2. The van der Waals surface area contributed by atoms with E-state index in [2.05, 4.69) is 30.7 Å². The number of hydrogen-bond acceptors (Lipinski definition) is 6. The molecule has 23 heavy (non-hydrogen) atoms. The van der Waals surface area contributed by atoms with Gasteiger partial charge in [0.2, 0.25) is 0 Å². The molecule has 0 unspecified atom stereocenters. The topological polar surface area (TPSA) is 48.8 Å². The molecule has 1 aliphatic heterocycles. The van der Waals surface area contributed by atoms with Gasteiger partial charge in [-0.25, -0.2) is 4.98 Å². The first kappa shape index (κ1) is 16.7. The summed E-state index contributed by atoms with van der Waals surface area (Å²) in [5, 5.41) is 13.3. The van der Waals surface area contributed by atoms with Gasteiger partial charge in [0.05, 0.1) is 0 Å². The van der Waals surface area contributed by atoms with Crippen molar-refractivity contribution in [3.8, 4) is 5.75 Å². The minimum Gasteiger partial charge on any atom is -0.491 e. The highest BCUT2D eigenvalue weighted by Crippen LogP contribution is 2.19. The lowest BCUT2D eigenvalue weighted by Crippen LogP contribution is -2.49. The van der Waals surface area contributed by atoms with Crippen molar-refractivity contribution in [1.82, 2.24) is 9.88 Å². The minimum absolute atomic E-state index is 0.309. The molecule has 0 amide bonds. The standard InChI is InChI=1S/C16H20BrN3O2S/c17-13-2-1-3-15(10-13)22-12-14(21)11-19-5-7-20(8-6-19)16-18-4-9-23-16/h1-4,9-10,14,21H,5-8,11-12H2/t14-/m0/s1. The second kappa shape index (κ2) is 8.10. The van der Waals surface area contributed by atoms with Gasteiger partial charge in [-0.3, -0.25) is 4.90 Å². The quantitative estimate of drug-likeness (QED) is 0.810. The molecule has 0 radical (unpaired) electrons. The van der Waals surface area contributed by atoms with Gasteiger partial charge in [-0.15, -0.1) is 11.3 Å². The summed E-state index contributed by atoms with van der Waals surface area (Å²) < 4.78 is 6.62. The Morgan fingerprint density at radius 2 is 2.13 bits per heavy atom. The highest BCUT2D eigenvalue weighted by molar-refractivity contribution is 9.10. The SMILES string of the molecule is O[C@H](COc1cccc(Br)c1)CN1CCN(c2nccs2)CC1. The number of piperazine rings is 1. The molecule has 1 atom stereocenters. The molecule has 124 valence electrons. The second-order valence-electron chi connectivity index (χ2n) is 5.52. The number of hydrogen-bond donors (Lipinski definition) is 1. The van der Waals surface area contributed by atoms with Crippen LogP contribution in [0.15, 0.2) is 40.3 Å². The van der Waals surface area contributed by atoms with Gasteiger partial charge < -0.3 is 14.7 Å². The average molecular weight is 398 g/mol. The van der Waals surface area contributed by atoms with E-state index in [-0.39, 0.29) is 0 Å². The van der Waals surface area contributed by atoms with E-state index in [0.717, 1.165) is 41.5 Å². The van der Waals surface area contributed by atoms with Crippen molar-refractivity contribution in [2.45, 2.75) is 6.10 Å². The summed E-state index contributed by atoms with van der Waals surface area (Å²) in [5.74, 6) is 0.770. The molecular weight excluding hydrogens is 378 g/mol. The van der Waals surface area contributed by atoms with Crippen LogP contribution in [0.3, 0.4) is 0 Å². The predicted octanol–water partition coefficient (Wildman–Crippen LogP) is 2.47. The van der Waals surface area contributed by atoms with E-state index in [1.54, 1.807) is 11.3 Å². The first-order chi connectivity index (χ1) is 11.2. The van der Waals surface area contributed by atoms with Crippen LogP contribution in [0.1, 0.15) is 0 Å². The first-order valence-corrected chi connectivity index (χ1v) is 9.31. The van der Waals surface area contributed by atoms with Crippen molar-refractivity contribution in [3.05, 3.63) is 40.3 Å². The molecule has 1 fully saturated rings. The third-order valence-corrected chi connectivity index (χ3v) is 5.09. The van der Waals surface area contributed by atoms with Crippen LogP contribution < -0.4 is 9.64 Å². The van der Waals surface area contributed by atoms with Crippen molar-refractivity contribution in [1.29, 1.82) is 0 Å². The molecule has 0 aliphatic carbocycles. The zero-order valence-electron chi connectivity index (χ0n) is 12.8. The molecule has 1 aromatic carbocycles. The Kier molecular flexibility index (Phi) is 5.88. The summed E-state index contributed by atoms with van der Waals surface area (Å²) in [5.41, 5.74) is 0. The Morgan fingerprint density at radius 3 is 2.83 bits per heavy atom. The summed E-state index contributed by atoms with van der Waals surface area (Å²) in [7, 11) is 0. The fourth-order valence-electron chi connectivity index (χ4n) is 2.59. The van der Waals surface area contributed by atoms with E-state index in [0.29, 0.717) is 13.2 Å². The maximum Gasteiger partial charge on any atom is 0.185 e. The Labute approximate surface area is 148 Å². The number of aliphatic hydroxyl groups is 1. The molecule has 2 heterocycles. The maximum atomic E-state index is 10.2. The summed E-state index contributed by atoms with van der Waals surface area (Å²) in [4.78, 5) is 8.92. The summed E-state index contributed by atoms with van der Waals surface area (Å²) in [6, 6.07) is 7.67. The molecule has 0 spiro atoms. The minimum atomic E-state index is -0.486. The molecule has 7 heteroatoms. The molecule has 2 aromatic rings. The monoisotopic (exact) mass is 397 g/mol. The van der Waals surface area contributed by atoms with Crippen LogP contribution in [0.25, 0.3) is 0 Å². The van der Waals surface area contributed by atoms with E-state index in [9.17, 15) is 5.11 Å². The molecule has 0 saturated carbocycles. The Balaban J connectivity index is 1.40. The fraction of sp³-hybridized carbons (Fsp3) is 0.438. The molecule has 1 aromatic heterocycles. The van der Waals surface area contributed by atoms with Crippen molar-refractivity contribution in [2.75, 3.05) is 44.2 Å². The lowest BCUT2D eigenvalue weighted by atomic mass is 10.2. The normalized spacial score (nSPS) is 17.2. The average Bonchev–Trinajstić information content (AvgIpc) is 3.08. The molecule has 0 bridgehead atoms. The smallest absolute Gasteiger partial charge is 0.185 e. The van der Waals surface area contributed by atoms with Gasteiger partial charge in [-0.1, -0.05) is 22.0 Å². The number of nitrogens with zero attached hydrogens (tertiary/aromatic N) is 3. The van der Waals surface area contributed by atoms with E-state index in [4.69, 9.17) is 4.74 Å². The van der Waals surface area contributed by atoms with Gasteiger partial charge in [0, 0.05) is 48.8 Å². The second-order valence-corrected chi connectivity index (χ2v) is 7.31. The maximum absolute atomic E-state index is 10.2. The number of ether oxygens (including phenoxy) is 1. The van der Waals surface area contributed by atoms with Crippen molar-refractivity contribution >= 4 is 32.4 Å². The summed E-state index contributed by atoms with van der Waals surface area (Å²) in [6.45, 7) is 4.73. The number of rotatable bonds is 6. The molecular formula is C16H20BrN3O2S. The molecule has 1 saturated heterocycles. The number of thiazole rings is 1. The first-order valence-electron chi connectivity index (χ1n) is 7.64. The van der Waals surface area contributed by atoms with Crippen molar-refractivity contribution < 1.29 is 9.84 Å². The van der Waals surface area contributed by atoms with Crippen molar-refractivity contribution in [3.63, 3.8) is 0 Å². The van der Waals surface area contributed by atoms with Crippen LogP contribution in [0.5, 0.6) is 5.75 Å². The number of anilines is 1. The summed E-state index contributed by atoms with van der Waals surface area (Å²) >= 11 is 5.09. The molecule has 1 aliphatic rings. The Morgan fingerprint density at radius 1 is 1.30 bits per heavy atom. The largest absolute Gasteiger partial charge is 0.491 e. The number of β-amino-alcohol motifs (C(OH)–C–C–N with tert-alkyl or cyclic N) is 1. The zero-order chi connectivity index (χ0) is 16.1. The van der Waals surface area contributed by atoms with E-state index in [1.165, 1.54) is 0 Å². The van der Waals surface area contributed by atoms with Crippen LogP contribution in [0.2, 0.25) is 0 Å². The predicted molar refractivity (Wildman–Crippen MR) is 96.4 cm³/mol. The van der Waals surface area contributed by atoms with Gasteiger partial charge in [0.1, 0.15) is 18.5 Å².